The van der Waals surface area contributed by atoms with Crippen molar-refractivity contribution >= 4 is 27.3 Å². The molecule has 1 saturated heterocycles. The van der Waals surface area contributed by atoms with E-state index >= 15 is 0 Å². The van der Waals surface area contributed by atoms with Gasteiger partial charge in [-0.3, -0.25) is 4.90 Å². The van der Waals surface area contributed by atoms with Crippen molar-refractivity contribution in [3.8, 4) is 0 Å². The van der Waals surface area contributed by atoms with Gasteiger partial charge in [0.2, 0.25) is 0 Å². The molecule has 3 unspecified atom stereocenters. The van der Waals surface area contributed by atoms with E-state index in [1.807, 2.05) is 11.3 Å². The first-order valence-electron chi connectivity index (χ1n) is 8.47. The lowest BCUT2D eigenvalue weighted by Crippen LogP contribution is -2.45. The van der Waals surface area contributed by atoms with Crippen LogP contribution in [0, 0.1) is 5.92 Å². The number of hydrogen-bond acceptors (Lipinski definition) is 3. The Labute approximate surface area is 141 Å². The fourth-order valence-corrected chi connectivity index (χ4v) is 5.96. The smallest absolute Gasteiger partial charge is 0.0702 e. The second kappa shape index (κ2) is 7.12. The van der Waals surface area contributed by atoms with Gasteiger partial charge < -0.3 is 5.73 Å². The van der Waals surface area contributed by atoms with Gasteiger partial charge in [-0.2, -0.15) is 0 Å². The van der Waals surface area contributed by atoms with Crippen molar-refractivity contribution in [3.05, 3.63) is 20.8 Å². The van der Waals surface area contributed by atoms with E-state index in [2.05, 4.69) is 39.9 Å². The van der Waals surface area contributed by atoms with E-state index in [4.69, 9.17) is 5.73 Å². The molecule has 0 aromatic carbocycles. The normalized spacial score (nSPS) is 27.3. The largest absolute Gasteiger partial charge is 0.326 e. The number of thiophene rings is 1. The Balaban J connectivity index is 1.84. The molecule has 1 aromatic rings. The lowest BCUT2D eigenvalue weighted by Gasteiger charge is -2.38. The van der Waals surface area contributed by atoms with Gasteiger partial charge in [-0.25, -0.2) is 0 Å². The van der Waals surface area contributed by atoms with Crippen LogP contribution in [0.25, 0.3) is 0 Å². The lowest BCUT2D eigenvalue weighted by molar-refractivity contribution is 0.117. The van der Waals surface area contributed by atoms with Gasteiger partial charge in [0.1, 0.15) is 0 Å². The standard InChI is InChI=1S/C17H27BrN2S/c1-2-13(19)17(15-9-10-16(18)21-15)20-11-5-8-14(20)12-6-3-4-7-12/h9-10,12-14,17H,2-8,11,19H2,1H3. The van der Waals surface area contributed by atoms with E-state index in [-0.39, 0.29) is 6.04 Å². The monoisotopic (exact) mass is 370 g/mol. The molecule has 118 valence electrons. The van der Waals surface area contributed by atoms with Crippen LogP contribution in [-0.2, 0) is 0 Å². The highest BCUT2D eigenvalue weighted by molar-refractivity contribution is 9.11. The third kappa shape index (κ3) is 3.39. The van der Waals surface area contributed by atoms with E-state index in [0.717, 1.165) is 18.4 Å². The summed E-state index contributed by atoms with van der Waals surface area (Å²) < 4.78 is 1.22. The highest BCUT2D eigenvalue weighted by atomic mass is 79.9. The third-order valence-electron chi connectivity index (χ3n) is 5.41. The molecule has 2 nitrogen and oxygen atoms in total. The highest BCUT2D eigenvalue weighted by Crippen LogP contribution is 2.42. The zero-order valence-corrected chi connectivity index (χ0v) is 15.3. The number of halogens is 1. The Bertz CT molecular complexity index is 455. The summed E-state index contributed by atoms with van der Waals surface area (Å²) >= 11 is 5.49. The number of rotatable bonds is 5. The van der Waals surface area contributed by atoms with Crippen molar-refractivity contribution in [2.24, 2.45) is 11.7 Å². The molecule has 1 aliphatic carbocycles. The summed E-state index contributed by atoms with van der Waals surface area (Å²) in [5.74, 6) is 0.919. The summed E-state index contributed by atoms with van der Waals surface area (Å²) in [6, 6.07) is 5.89. The Hall–Kier alpha value is 0.1000. The van der Waals surface area contributed by atoms with Crippen molar-refractivity contribution in [1.82, 2.24) is 4.90 Å². The third-order valence-corrected chi connectivity index (χ3v) is 7.10. The molecule has 2 fully saturated rings. The van der Waals surface area contributed by atoms with Crippen LogP contribution in [0.5, 0.6) is 0 Å². The van der Waals surface area contributed by atoms with Crippen molar-refractivity contribution in [3.63, 3.8) is 0 Å². The SMILES string of the molecule is CCC(N)C(c1ccc(Br)s1)N1CCCC1C1CCCC1. The Kier molecular flexibility index (Phi) is 5.41. The number of nitrogens with zero attached hydrogens (tertiary/aromatic N) is 1. The first kappa shape index (κ1) is 16.0. The summed E-state index contributed by atoms with van der Waals surface area (Å²) in [6.07, 6.45) is 9.51. The lowest BCUT2D eigenvalue weighted by atomic mass is 9.93. The maximum atomic E-state index is 6.55. The molecule has 3 atom stereocenters. The molecular weight excluding hydrogens is 344 g/mol. The molecular formula is C17H27BrN2S. The second-order valence-electron chi connectivity index (χ2n) is 6.65. The molecule has 21 heavy (non-hydrogen) atoms. The van der Waals surface area contributed by atoms with E-state index in [0.29, 0.717) is 6.04 Å². The van der Waals surface area contributed by atoms with Crippen LogP contribution in [-0.4, -0.2) is 23.5 Å². The van der Waals surface area contributed by atoms with E-state index < -0.39 is 0 Å². The minimum absolute atomic E-state index is 0.248. The second-order valence-corrected chi connectivity index (χ2v) is 9.15. The predicted molar refractivity (Wildman–Crippen MR) is 94.7 cm³/mol. The number of nitrogens with two attached hydrogens (primary N) is 1. The molecule has 2 heterocycles. The number of hydrogen-bond donors (Lipinski definition) is 1. The van der Waals surface area contributed by atoms with Crippen LogP contribution in [0.4, 0.5) is 0 Å². The summed E-state index contributed by atoms with van der Waals surface area (Å²) in [6.45, 7) is 3.45. The first-order valence-corrected chi connectivity index (χ1v) is 10.1. The van der Waals surface area contributed by atoms with Gasteiger partial charge in [0.05, 0.1) is 9.83 Å². The van der Waals surface area contributed by atoms with Gasteiger partial charge in [0.15, 0.2) is 0 Å². The summed E-state index contributed by atoms with van der Waals surface area (Å²) in [5.41, 5.74) is 6.55. The maximum absolute atomic E-state index is 6.55. The molecule has 1 aromatic heterocycles. The quantitative estimate of drug-likeness (QED) is 0.794. The molecule has 2 aliphatic rings. The summed E-state index contributed by atoms with van der Waals surface area (Å²) in [7, 11) is 0. The van der Waals surface area contributed by atoms with Gasteiger partial charge in [0, 0.05) is 17.0 Å². The van der Waals surface area contributed by atoms with Crippen molar-refractivity contribution in [2.75, 3.05) is 6.54 Å². The van der Waals surface area contributed by atoms with Crippen molar-refractivity contribution < 1.29 is 0 Å². The van der Waals surface area contributed by atoms with Crippen LogP contribution in [0.1, 0.15) is 62.8 Å². The number of likely N-dealkylation sites (tertiary alicyclic amines) is 1. The molecule has 1 saturated carbocycles. The minimum atomic E-state index is 0.248. The molecule has 0 amide bonds. The van der Waals surface area contributed by atoms with Gasteiger partial charge in [-0.15, -0.1) is 11.3 Å². The fourth-order valence-electron chi connectivity index (χ4n) is 4.34. The maximum Gasteiger partial charge on any atom is 0.0702 e. The van der Waals surface area contributed by atoms with Crippen LogP contribution in [0.2, 0.25) is 0 Å². The van der Waals surface area contributed by atoms with Gasteiger partial charge >= 0.3 is 0 Å². The Morgan fingerprint density at radius 2 is 2.05 bits per heavy atom. The van der Waals surface area contributed by atoms with Crippen LogP contribution < -0.4 is 5.73 Å². The minimum Gasteiger partial charge on any atom is -0.326 e. The molecule has 1 aliphatic heterocycles. The molecule has 0 spiro atoms. The van der Waals surface area contributed by atoms with Crippen LogP contribution in [0.15, 0.2) is 15.9 Å². The van der Waals surface area contributed by atoms with E-state index in [1.54, 1.807) is 0 Å². The van der Waals surface area contributed by atoms with E-state index in [9.17, 15) is 0 Å². The first-order chi connectivity index (χ1) is 10.2. The molecule has 0 bridgehead atoms. The zero-order valence-electron chi connectivity index (χ0n) is 12.9. The van der Waals surface area contributed by atoms with Gasteiger partial charge in [-0.05, 0) is 72.6 Å². The zero-order chi connectivity index (χ0) is 14.8. The van der Waals surface area contributed by atoms with E-state index in [1.165, 1.54) is 53.7 Å². The topological polar surface area (TPSA) is 29.3 Å². The highest BCUT2D eigenvalue weighted by Gasteiger charge is 2.39. The van der Waals surface area contributed by atoms with Gasteiger partial charge in [0.25, 0.3) is 0 Å². The molecule has 2 N–H and O–H groups in total. The summed E-state index contributed by atoms with van der Waals surface area (Å²) in [4.78, 5) is 4.21. The van der Waals surface area contributed by atoms with Crippen molar-refractivity contribution in [2.45, 2.75) is 70.0 Å². The fraction of sp³-hybridized carbons (Fsp3) is 0.765. The molecule has 0 radical (unpaired) electrons. The van der Waals surface area contributed by atoms with Crippen LogP contribution in [0.3, 0.4) is 0 Å². The Morgan fingerprint density at radius 3 is 2.67 bits per heavy atom. The van der Waals surface area contributed by atoms with Crippen LogP contribution >= 0.6 is 27.3 Å². The molecule has 4 heteroatoms. The Morgan fingerprint density at radius 1 is 1.29 bits per heavy atom. The van der Waals surface area contributed by atoms with Crippen molar-refractivity contribution in [1.29, 1.82) is 0 Å². The summed E-state index contributed by atoms with van der Waals surface area (Å²) in [5, 5.41) is 0. The predicted octanol–water partition coefficient (Wildman–Crippen LogP) is 4.94. The van der Waals surface area contributed by atoms with Gasteiger partial charge in [-0.1, -0.05) is 19.8 Å². The average Bonchev–Trinajstić information content (AvgIpc) is 3.19. The average molecular weight is 371 g/mol. The molecule has 3 rings (SSSR count).